The Hall–Kier alpha value is -3.38. The Labute approximate surface area is 181 Å². The molecule has 0 spiro atoms. The third kappa shape index (κ3) is 3.64. The first-order chi connectivity index (χ1) is 15.3. The van der Waals surface area contributed by atoms with Gasteiger partial charge in [0.25, 0.3) is 0 Å². The highest BCUT2D eigenvalue weighted by molar-refractivity contribution is 6.02. The van der Waals surface area contributed by atoms with Crippen molar-refractivity contribution in [1.29, 1.82) is 0 Å². The molecule has 0 aliphatic heterocycles. The number of hydrogen-bond donors (Lipinski definition) is 1. The van der Waals surface area contributed by atoms with E-state index >= 15 is 0 Å². The Morgan fingerprint density at radius 2 is 1.68 bits per heavy atom. The molecule has 0 unspecified atom stereocenters. The van der Waals surface area contributed by atoms with Crippen LogP contribution in [0.25, 0.3) is 22.2 Å². The van der Waals surface area contributed by atoms with Crippen molar-refractivity contribution in [2.75, 3.05) is 12.8 Å². The normalized spacial score (nSPS) is 14.4. The van der Waals surface area contributed by atoms with Crippen molar-refractivity contribution in [3.05, 3.63) is 66.6 Å². The maximum atomic E-state index is 6.37. The lowest BCUT2D eigenvalue weighted by molar-refractivity contribution is 0.177. The van der Waals surface area contributed by atoms with Crippen molar-refractivity contribution in [3.8, 4) is 22.6 Å². The van der Waals surface area contributed by atoms with Crippen LogP contribution in [-0.2, 0) is 11.3 Å². The molecule has 1 saturated carbocycles. The summed E-state index contributed by atoms with van der Waals surface area (Å²) in [4.78, 5) is 8.94. The molecule has 6 heteroatoms. The fourth-order valence-corrected chi connectivity index (χ4v) is 4.66. The average molecular weight is 415 g/mol. The van der Waals surface area contributed by atoms with Crippen molar-refractivity contribution in [2.24, 2.45) is 0 Å². The first-order valence-corrected chi connectivity index (χ1v) is 10.7. The van der Waals surface area contributed by atoms with Gasteiger partial charge >= 0.3 is 0 Å². The summed E-state index contributed by atoms with van der Waals surface area (Å²) in [5.41, 5.74) is 10.5. The zero-order valence-corrected chi connectivity index (χ0v) is 17.6. The van der Waals surface area contributed by atoms with Crippen molar-refractivity contribution < 1.29 is 9.47 Å². The number of nitrogen functional groups attached to an aromatic ring is 1. The van der Waals surface area contributed by atoms with Gasteiger partial charge in [-0.05, 0) is 42.7 Å². The van der Waals surface area contributed by atoms with Crippen LogP contribution in [0.3, 0.4) is 0 Å². The quantitative estimate of drug-likeness (QED) is 0.436. The molecule has 5 rings (SSSR count). The molecule has 6 nitrogen and oxygen atoms in total. The third-order valence-electron chi connectivity index (χ3n) is 6.01. The van der Waals surface area contributed by atoms with E-state index in [1.807, 2.05) is 42.5 Å². The molecule has 2 aromatic heterocycles. The van der Waals surface area contributed by atoms with Crippen LogP contribution < -0.4 is 10.5 Å². The second-order valence-corrected chi connectivity index (χ2v) is 7.96. The van der Waals surface area contributed by atoms with Gasteiger partial charge in [-0.15, -0.1) is 0 Å². The highest BCUT2D eigenvalue weighted by atomic mass is 16.5. The van der Waals surface area contributed by atoms with E-state index in [1.54, 1.807) is 13.4 Å². The third-order valence-corrected chi connectivity index (χ3v) is 6.01. The number of hydrogen-bond acceptors (Lipinski definition) is 5. The minimum atomic E-state index is 0.413. The lowest BCUT2D eigenvalue weighted by Crippen LogP contribution is -2.10. The van der Waals surface area contributed by atoms with E-state index in [0.29, 0.717) is 18.5 Å². The predicted molar refractivity (Wildman–Crippen MR) is 122 cm³/mol. The van der Waals surface area contributed by atoms with Gasteiger partial charge in [-0.25, -0.2) is 9.97 Å². The van der Waals surface area contributed by atoms with Gasteiger partial charge in [-0.3, -0.25) is 0 Å². The molecule has 2 heterocycles. The number of aromatic nitrogens is 3. The van der Waals surface area contributed by atoms with Crippen LogP contribution in [0.15, 0.2) is 60.9 Å². The lowest BCUT2D eigenvalue weighted by atomic mass is 10.0. The number of para-hydroxylation sites is 1. The van der Waals surface area contributed by atoms with E-state index in [-0.39, 0.29) is 0 Å². The molecule has 4 aromatic rings. The Kier molecular flexibility index (Phi) is 5.30. The Balaban J connectivity index is 1.62. The van der Waals surface area contributed by atoms with E-state index < -0.39 is 0 Å². The average Bonchev–Trinajstić information content (AvgIpc) is 3.42. The fourth-order valence-electron chi connectivity index (χ4n) is 4.66. The van der Waals surface area contributed by atoms with Gasteiger partial charge < -0.3 is 19.8 Å². The van der Waals surface area contributed by atoms with E-state index in [0.717, 1.165) is 52.2 Å². The number of nitrogens with zero attached hydrogens (tertiary/aromatic N) is 3. The van der Waals surface area contributed by atoms with Crippen molar-refractivity contribution >= 4 is 16.9 Å². The van der Waals surface area contributed by atoms with Crippen LogP contribution in [0.2, 0.25) is 0 Å². The first kappa shape index (κ1) is 19.6. The lowest BCUT2D eigenvalue weighted by Gasteiger charge is -2.17. The van der Waals surface area contributed by atoms with Gasteiger partial charge in [0.05, 0.1) is 17.7 Å². The van der Waals surface area contributed by atoms with Crippen LogP contribution >= 0.6 is 0 Å². The predicted octanol–water partition coefficient (Wildman–Crippen LogP) is 5.73. The van der Waals surface area contributed by atoms with Crippen LogP contribution in [0.4, 0.5) is 5.82 Å². The van der Waals surface area contributed by atoms with Crippen LogP contribution in [0, 0.1) is 0 Å². The molecule has 0 radical (unpaired) electrons. The number of anilines is 1. The second-order valence-electron chi connectivity index (χ2n) is 7.96. The molecule has 2 N–H and O–H groups in total. The summed E-state index contributed by atoms with van der Waals surface area (Å²) in [5, 5.41) is 0.901. The molecule has 0 amide bonds. The molecule has 1 aliphatic carbocycles. The minimum Gasteiger partial charge on any atom is -0.457 e. The molecular weight excluding hydrogens is 388 g/mol. The smallest absolute Gasteiger partial charge is 0.146 e. The van der Waals surface area contributed by atoms with Gasteiger partial charge in [0.1, 0.15) is 29.3 Å². The molecular formula is C25H26N4O2. The monoisotopic (exact) mass is 414 g/mol. The Bertz CT molecular complexity index is 1180. The summed E-state index contributed by atoms with van der Waals surface area (Å²) in [5.74, 6) is 2.09. The van der Waals surface area contributed by atoms with E-state index in [2.05, 4.69) is 26.7 Å². The van der Waals surface area contributed by atoms with E-state index in [9.17, 15) is 0 Å². The first-order valence-electron chi connectivity index (χ1n) is 10.7. The molecule has 2 aromatic carbocycles. The number of methoxy groups -OCH3 is 1. The van der Waals surface area contributed by atoms with Crippen molar-refractivity contribution in [3.63, 3.8) is 0 Å². The summed E-state index contributed by atoms with van der Waals surface area (Å²) >= 11 is 0. The maximum absolute atomic E-state index is 6.37. The number of fused-ring (bicyclic) bond motifs is 1. The second kappa shape index (κ2) is 8.40. The van der Waals surface area contributed by atoms with Gasteiger partial charge in [-0.1, -0.05) is 43.2 Å². The summed E-state index contributed by atoms with van der Waals surface area (Å²) in [7, 11) is 1.73. The largest absolute Gasteiger partial charge is 0.457 e. The van der Waals surface area contributed by atoms with Crippen molar-refractivity contribution in [2.45, 2.75) is 38.3 Å². The van der Waals surface area contributed by atoms with Gasteiger partial charge in [0, 0.05) is 18.7 Å². The van der Waals surface area contributed by atoms with Crippen LogP contribution in [0.5, 0.6) is 11.5 Å². The van der Waals surface area contributed by atoms with Gasteiger partial charge in [0.15, 0.2) is 0 Å². The maximum Gasteiger partial charge on any atom is 0.146 e. The molecule has 0 atom stereocenters. The molecule has 31 heavy (non-hydrogen) atoms. The van der Waals surface area contributed by atoms with Crippen molar-refractivity contribution in [1.82, 2.24) is 14.5 Å². The number of rotatable bonds is 6. The number of benzene rings is 2. The zero-order valence-electron chi connectivity index (χ0n) is 17.6. The van der Waals surface area contributed by atoms with E-state index in [4.69, 9.17) is 15.2 Å². The number of ether oxygens (including phenoxy) is 2. The van der Waals surface area contributed by atoms with Crippen LogP contribution in [0.1, 0.15) is 37.4 Å². The fraction of sp³-hybridized carbons (Fsp3) is 0.280. The topological polar surface area (TPSA) is 75.2 Å². The zero-order chi connectivity index (χ0) is 21.2. The molecule has 1 aliphatic rings. The highest BCUT2D eigenvalue weighted by Gasteiger charge is 2.28. The Morgan fingerprint density at radius 3 is 2.39 bits per heavy atom. The summed E-state index contributed by atoms with van der Waals surface area (Å²) in [6.07, 6.45) is 6.32. The molecule has 1 fully saturated rings. The minimum absolute atomic E-state index is 0.413. The molecule has 0 saturated heterocycles. The summed E-state index contributed by atoms with van der Waals surface area (Å²) < 4.78 is 13.9. The SMILES string of the molecule is COCc1c(-c2ccc(Oc3ccccc3)cc2)c2c(N)ncnc2n1C1CCCC1. The standard InChI is InChI=1S/C25H26N4O2/c1-30-15-21-22(17-11-13-20(14-12-17)31-19-9-3-2-4-10-19)23-24(26)27-16-28-25(23)29(21)18-7-5-6-8-18/h2-4,9-14,16,18H,5-8,15H2,1H3,(H2,26,27,28). The van der Waals surface area contributed by atoms with Crippen LogP contribution in [-0.4, -0.2) is 21.6 Å². The molecule has 158 valence electrons. The van der Waals surface area contributed by atoms with E-state index in [1.165, 1.54) is 12.8 Å². The summed E-state index contributed by atoms with van der Waals surface area (Å²) in [6.45, 7) is 0.490. The number of nitrogens with two attached hydrogens (primary N) is 1. The Morgan fingerprint density at radius 1 is 0.968 bits per heavy atom. The van der Waals surface area contributed by atoms with Gasteiger partial charge in [0.2, 0.25) is 0 Å². The molecule has 0 bridgehead atoms. The summed E-state index contributed by atoms with van der Waals surface area (Å²) in [6, 6.07) is 18.3. The highest BCUT2D eigenvalue weighted by Crippen LogP contribution is 2.42. The van der Waals surface area contributed by atoms with Gasteiger partial charge in [-0.2, -0.15) is 0 Å².